The smallest absolute Gasteiger partial charge is 0.262 e. The Balaban J connectivity index is 1.59. The van der Waals surface area contributed by atoms with Crippen molar-refractivity contribution in [3.63, 3.8) is 0 Å². The molecule has 1 fully saturated rings. The second-order valence-corrected chi connectivity index (χ2v) is 6.59. The molecule has 2 aliphatic heterocycles. The third kappa shape index (κ3) is 3.57. The summed E-state index contributed by atoms with van der Waals surface area (Å²) in [5, 5.41) is 6.12. The van der Waals surface area contributed by atoms with E-state index in [0.717, 1.165) is 43.2 Å². The lowest BCUT2D eigenvalue weighted by atomic mass is 10.1. The molecule has 2 heterocycles. The quantitative estimate of drug-likeness (QED) is 0.735. The molecule has 3 amide bonds. The molecule has 134 valence electrons. The molecule has 1 saturated heterocycles. The van der Waals surface area contributed by atoms with Crippen LogP contribution in [0.25, 0.3) is 0 Å². The number of nitrogens with zero attached hydrogens (tertiary/aromatic N) is 2. The van der Waals surface area contributed by atoms with Crippen molar-refractivity contribution in [1.29, 1.82) is 0 Å². The SMILES string of the molecule is Cc1ccc2c(c1)C(=O)N(C(C)C(=O)NCCN1CCNCC1)C2=O. The highest BCUT2D eigenvalue weighted by atomic mass is 16.2. The average molecular weight is 344 g/mol. The first-order valence-electron chi connectivity index (χ1n) is 8.68. The van der Waals surface area contributed by atoms with Crippen LogP contribution >= 0.6 is 0 Å². The van der Waals surface area contributed by atoms with Crippen LogP contribution in [-0.2, 0) is 4.79 Å². The zero-order valence-electron chi connectivity index (χ0n) is 14.7. The number of amides is 3. The Kier molecular flexibility index (Phi) is 5.15. The summed E-state index contributed by atoms with van der Waals surface area (Å²) >= 11 is 0. The highest BCUT2D eigenvalue weighted by molar-refractivity contribution is 6.22. The van der Waals surface area contributed by atoms with Crippen molar-refractivity contribution in [2.75, 3.05) is 39.3 Å². The number of carbonyl (C=O) groups excluding carboxylic acids is 3. The van der Waals surface area contributed by atoms with Gasteiger partial charge in [-0.15, -0.1) is 0 Å². The van der Waals surface area contributed by atoms with Crippen molar-refractivity contribution < 1.29 is 14.4 Å². The fourth-order valence-electron chi connectivity index (χ4n) is 3.26. The molecule has 2 aliphatic rings. The van der Waals surface area contributed by atoms with Crippen LogP contribution in [0.5, 0.6) is 0 Å². The second-order valence-electron chi connectivity index (χ2n) is 6.59. The van der Waals surface area contributed by atoms with Gasteiger partial charge in [-0.2, -0.15) is 0 Å². The van der Waals surface area contributed by atoms with Crippen LogP contribution in [0, 0.1) is 6.92 Å². The first-order valence-corrected chi connectivity index (χ1v) is 8.68. The van der Waals surface area contributed by atoms with Gasteiger partial charge < -0.3 is 10.6 Å². The van der Waals surface area contributed by atoms with E-state index in [0.29, 0.717) is 17.7 Å². The number of imide groups is 1. The van der Waals surface area contributed by atoms with E-state index in [-0.39, 0.29) is 5.91 Å². The zero-order chi connectivity index (χ0) is 18.0. The van der Waals surface area contributed by atoms with E-state index >= 15 is 0 Å². The van der Waals surface area contributed by atoms with Crippen molar-refractivity contribution in [2.24, 2.45) is 0 Å². The number of piperazine rings is 1. The van der Waals surface area contributed by atoms with E-state index in [9.17, 15) is 14.4 Å². The lowest BCUT2D eigenvalue weighted by Crippen LogP contribution is -2.50. The van der Waals surface area contributed by atoms with E-state index in [1.54, 1.807) is 25.1 Å². The Bertz CT molecular complexity index is 698. The number of nitrogens with one attached hydrogen (secondary N) is 2. The maximum absolute atomic E-state index is 12.5. The maximum Gasteiger partial charge on any atom is 0.262 e. The molecule has 0 bridgehead atoms. The highest BCUT2D eigenvalue weighted by Gasteiger charge is 2.40. The molecule has 25 heavy (non-hydrogen) atoms. The molecule has 3 rings (SSSR count). The maximum atomic E-state index is 12.5. The van der Waals surface area contributed by atoms with Gasteiger partial charge >= 0.3 is 0 Å². The van der Waals surface area contributed by atoms with Crippen LogP contribution in [-0.4, -0.2) is 72.8 Å². The molecule has 0 saturated carbocycles. The van der Waals surface area contributed by atoms with Gasteiger partial charge in [-0.05, 0) is 26.0 Å². The number of carbonyl (C=O) groups is 3. The molecule has 0 aliphatic carbocycles. The van der Waals surface area contributed by atoms with Gasteiger partial charge in [0.25, 0.3) is 11.8 Å². The summed E-state index contributed by atoms with van der Waals surface area (Å²) in [5.41, 5.74) is 1.66. The van der Waals surface area contributed by atoms with Gasteiger partial charge in [0, 0.05) is 39.3 Å². The van der Waals surface area contributed by atoms with Crippen LogP contribution in [0.15, 0.2) is 18.2 Å². The molecule has 0 spiro atoms. The molecule has 2 N–H and O–H groups in total. The van der Waals surface area contributed by atoms with Gasteiger partial charge in [-0.1, -0.05) is 11.6 Å². The van der Waals surface area contributed by atoms with Gasteiger partial charge in [0.1, 0.15) is 6.04 Å². The van der Waals surface area contributed by atoms with Crippen LogP contribution in [0.2, 0.25) is 0 Å². The van der Waals surface area contributed by atoms with Crippen LogP contribution in [0.1, 0.15) is 33.2 Å². The normalized spacial score (nSPS) is 19.0. The number of hydrogen-bond acceptors (Lipinski definition) is 5. The first kappa shape index (κ1) is 17.6. The van der Waals surface area contributed by atoms with E-state index in [2.05, 4.69) is 15.5 Å². The Morgan fingerprint density at radius 1 is 1.20 bits per heavy atom. The van der Waals surface area contributed by atoms with Crippen molar-refractivity contribution in [2.45, 2.75) is 19.9 Å². The number of fused-ring (bicyclic) bond motifs is 1. The van der Waals surface area contributed by atoms with Crippen LogP contribution < -0.4 is 10.6 Å². The minimum absolute atomic E-state index is 0.304. The summed E-state index contributed by atoms with van der Waals surface area (Å²) in [6.45, 7) is 8.57. The van der Waals surface area contributed by atoms with Gasteiger partial charge in [0.05, 0.1) is 11.1 Å². The summed E-state index contributed by atoms with van der Waals surface area (Å²) < 4.78 is 0. The molecule has 0 radical (unpaired) electrons. The van der Waals surface area contributed by atoms with E-state index in [1.807, 2.05) is 6.92 Å². The average Bonchev–Trinajstić information content (AvgIpc) is 2.85. The molecule has 7 heteroatoms. The van der Waals surface area contributed by atoms with Gasteiger partial charge in [-0.25, -0.2) is 0 Å². The number of benzene rings is 1. The molecular weight excluding hydrogens is 320 g/mol. The van der Waals surface area contributed by atoms with Gasteiger partial charge in [0.2, 0.25) is 5.91 Å². The minimum atomic E-state index is -0.823. The fourth-order valence-corrected chi connectivity index (χ4v) is 3.26. The van der Waals surface area contributed by atoms with Crippen molar-refractivity contribution in [3.8, 4) is 0 Å². The Hall–Kier alpha value is -2.25. The predicted octanol–water partition coefficient (Wildman–Crippen LogP) is 0.000920. The molecule has 1 aromatic rings. The lowest BCUT2D eigenvalue weighted by Gasteiger charge is -2.27. The number of aryl methyl sites for hydroxylation is 1. The molecule has 1 unspecified atom stereocenters. The van der Waals surface area contributed by atoms with E-state index in [1.165, 1.54) is 0 Å². The van der Waals surface area contributed by atoms with Crippen molar-refractivity contribution >= 4 is 17.7 Å². The third-order valence-corrected chi connectivity index (χ3v) is 4.78. The topological polar surface area (TPSA) is 81.8 Å². The van der Waals surface area contributed by atoms with E-state index in [4.69, 9.17) is 0 Å². The summed E-state index contributed by atoms with van der Waals surface area (Å²) in [7, 11) is 0. The summed E-state index contributed by atoms with van der Waals surface area (Å²) in [4.78, 5) is 40.8. The van der Waals surface area contributed by atoms with Gasteiger partial charge in [0.15, 0.2) is 0 Å². The number of hydrogen-bond donors (Lipinski definition) is 2. The minimum Gasteiger partial charge on any atom is -0.353 e. The zero-order valence-corrected chi connectivity index (χ0v) is 14.7. The summed E-state index contributed by atoms with van der Waals surface area (Å²) in [6.07, 6.45) is 0. The Labute approximate surface area is 147 Å². The predicted molar refractivity (Wildman–Crippen MR) is 93.5 cm³/mol. The highest BCUT2D eigenvalue weighted by Crippen LogP contribution is 2.25. The monoisotopic (exact) mass is 344 g/mol. The van der Waals surface area contributed by atoms with Crippen LogP contribution in [0.3, 0.4) is 0 Å². The van der Waals surface area contributed by atoms with Crippen molar-refractivity contribution in [1.82, 2.24) is 20.4 Å². The largest absolute Gasteiger partial charge is 0.353 e. The lowest BCUT2D eigenvalue weighted by molar-refractivity contribution is -0.124. The van der Waals surface area contributed by atoms with E-state index < -0.39 is 17.9 Å². The molecule has 7 nitrogen and oxygen atoms in total. The first-order chi connectivity index (χ1) is 12.0. The summed E-state index contributed by atoms with van der Waals surface area (Å²) in [6, 6.07) is 4.33. The van der Waals surface area contributed by atoms with Gasteiger partial charge in [-0.3, -0.25) is 24.2 Å². The molecule has 1 atom stereocenters. The summed E-state index contributed by atoms with van der Waals surface area (Å²) in [5.74, 6) is -1.10. The fraction of sp³-hybridized carbons (Fsp3) is 0.500. The Morgan fingerprint density at radius 2 is 1.88 bits per heavy atom. The van der Waals surface area contributed by atoms with Crippen molar-refractivity contribution in [3.05, 3.63) is 34.9 Å². The standard InChI is InChI=1S/C18H24N4O3/c1-12-3-4-14-15(11-12)18(25)22(17(14)24)13(2)16(23)20-7-10-21-8-5-19-6-9-21/h3-4,11,13,19H,5-10H2,1-2H3,(H,20,23). The number of rotatable bonds is 5. The Morgan fingerprint density at radius 3 is 2.60 bits per heavy atom. The van der Waals surface area contributed by atoms with Crippen LogP contribution in [0.4, 0.5) is 0 Å². The second kappa shape index (κ2) is 7.33. The molecule has 1 aromatic carbocycles. The third-order valence-electron chi connectivity index (χ3n) is 4.78. The molecular formula is C18H24N4O3. The molecule has 0 aromatic heterocycles.